The van der Waals surface area contributed by atoms with Gasteiger partial charge in [-0.25, -0.2) is 4.79 Å². The van der Waals surface area contributed by atoms with Crippen molar-refractivity contribution in [1.29, 1.82) is 5.26 Å². The molecule has 1 heterocycles. The monoisotopic (exact) mass is 343 g/mol. The predicted molar refractivity (Wildman–Crippen MR) is 92.5 cm³/mol. The number of aromatic nitrogens is 2. The van der Waals surface area contributed by atoms with Crippen LogP contribution in [-0.2, 0) is 16.1 Å². The van der Waals surface area contributed by atoms with Crippen LogP contribution in [0.3, 0.4) is 0 Å². The molecule has 0 spiro atoms. The molecule has 0 unspecified atom stereocenters. The number of rotatable bonds is 5. The highest BCUT2D eigenvalue weighted by molar-refractivity contribution is 6.31. The molecule has 0 bridgehead atoms. The quantitative estimate of drug-likeness (QED) is 0.613. The number of aryl methyl sites for hydroxylation is 1. The second-order valence-corrected chi connectivity index (χ2v) is 5.78. The van der Waals surface area contributed by atoms with E-state index in [-0.39, 0.29) is 0 Å². The van der Waals surface area contributed by atoms with Crippen molar-refractivity contribution in [3.8, 4) is 6.07 Å². The fourth-order valence-electron chi connectivity index (χ4n) is 2.29. The second-order valence-electron chi connectivity index (χ2n) is 5.38. The van der Waals surface area contributed by atoms with Crippen LogP contribution in [-0.4, -0.2) is 21.9 Å². The Bertz CT molecular complexity index is 818. The van der Waals surface area contributed by atoms with Gasteiger partial charge < -0.3 is 4.74 Å². The normalized spacial score (nSPS) is 12.1. The van der Waals surface area contributed by atoms with Crippen LogP contribution in [0.25, 0.3) is 6.08 Å². The van der Waals surface area contributed by atoms with Crippen molar-refractivity contribution in [2.45, 2.75) is 33.4 Å². The number of hydrogen-bond donors (Lipinski definition) is 0. The number of benzene rings is 1. The summed E-state index contributed by atoms with van der Waals surface area (Å²) in [6.07, 6.45) is 2.20. The Morgan fingerprint density at radius 3 is 2.83 bits per heavy atom. The molecule has 0 aliphatic carbocycles. The minimum Gasteiger partial charge on any atom is -0.444 e. The van der Waals surface area contributed by atoms with E-state index >= 15 is 0 Å². The lowest BCUT2D eigenvalue weighted by Crippen LogP contribution is -2.10. The molecule has 0 fully saturated rings. The van der Waals surface area contributed by atoms with E-state index in [0.29, 0.717) is 11.6 Å². The van der Waals surface area contributed by atoms with Crippen molar-refractivity contribution in [3.05, 3.63) is 57.9 Å². The molecule has 0 aliphatic heterocycles. The van der Waals surface area contributed by atoms with Gasteiger partial charge in [-0.1, -0.05) is 29.8 Å². The van der Waals surface area contributed by atoms with Crippen LogP contribution in [0, 0.1) is 25.2 Å². The maximum Gasteiger partial charge on any atom is 0.332 e. The SMILES string of the molecule is Cc1nn(Cc2ccccc2Cl)c(C)c1/C=C/C(=O)O[C@@H](C)C#N. The summed E-state index contributed by atoms with van der Waals surface area (Å²) < 4.78 is 6.73. The summed E-state index contributed by atoms with van der Waals surface area (Å²) in [6, 6.07) is 9.46. The standard InChI is InChI=1S/C18H18ClN3O2/c1-12(10-20)24-18(23)9-8-16-13(2)21-22(14(16)3)11-15-6-4-5-7-17(15)19/h4-9,12H,11H2,1-3H3/b9-8+/t12-/m0/s1. The van der Waals surface area contributed by atoms with Gasteiger partial charge in [-0.15, -0.1) is 0 Å². The number of nitriles is 1. The van der Waals surface area contributed by atoms with Crippen LogP contribution in [0.5, 0.6) is 0 Å². The molecular weight excluding hydrogens is 326 g/mol. The first-order chi connectivity index (χ1) is 11.4. The number of carbonyl (C=O) groups is 1. The van der Waals surface area contributed by atoms with E-state index in [4.69, 9.17) is 21.6 Å². The summed E-state index contributed by atoms with van der Waals surface area (Å²) in [6.45, 7) is 5.87. The van der Waals surface area contributed by atoms with Crippen LogP contribution in [0.1, 0.15) is 29.4 Å². The number of carbonyl (C=O) groups excluding carboxylic acids is 1. The molecule has 1 atom stereocenters. The summed E-state index contributed by atoms with van der Waals surface area (Å²) in [5, 5.41) is 13.8. The molecule has 2 aromatic rings. The van der Waals surface area contributed by atoms with Crippen LogP contribution in [0.15, 0.2) is 30.3 Å². The van der Waals surface area contributed by atoms with Crippen LogP contribution in [0.2, 0.25) is 5.02 Å². The third-order valence-corrected chi connectivity index (χ3v) is 3.94. The van der Waals surface area contributed by atoms with E-state index in [1.165, 1.54) is 13.0 Å². The van der Waals surface area contributed by atoms with Crippen molar-refractivity contribution in [2.75, 3.05) is 0 Å². The smallest absolute Gasteiger partial charge is 0.332 e. The minimum atomic E-state index is -0.771. The number of nitrogens with zero attached hydrogens (tertiary/aromatic N) is 3. The van der Waals surface area contributed by atoms with Gasteiger partial charge in [-0.05, 0) is 38.5 Å². The van der Waals surface area contributed by atoms with Crippen LogP contribution in [0.4, 0.5) is 0 Å². The van der Waals surface area contributed by atoms with Gasteiger partial charge in [0, 0.05) is 22.4 Å². The maximum absolute atomic E-state index is 11.6. The highest BCUT2D eigenvalue weighted by atomic mass is 35.5. The molecule has 6 heteroatoms. The molecule has 0 saturated carbocycles. The topological polar surface area (TPSA) is 67.9 Å². The Labute approximate surface area is 146 Å². The largest absolute Gasteiger partial charge is 0.444 e. The number of esters is 1. The maximum atomic E-state index is 11.6. The van der Waals surface area contributed by atoms with Crippen LogP contribution >= 0.6 is 11.6 Å². The number of halogens is 1. The Morgan fingerprint density at radius 2 is 2.17 bits per heavy atom. The molecule has 0 saturated heterocycles. The molecule has 0 amide bonds. The molecule has 1 aromatic carbocycles. The van der Waals surface area contributed by atoms with Gasteiger partial charge in [0.15, 0.2) is 6.10 Å². The van der Waals surface area contributed by atoms with Crippen molar-refractivity contribution >= 4 is 23.6 Å². The number of ether oxygens (including phenoxy) is 1. The van der Waals surface area contributed by atoms with Gasteiger partial charge in [-0.3, -0.25) is 4.68 Å². The van der Waals surface area contributed by atoms with Gasteiger partial charge in [-0.2, -0.15) is 10.4 Å². The lowest BCUT2D eigenvalue weighted by molar-refractivity contribution is -0.139. The molecule has 124 valence electrons. The Hall–Kier alpha value is -2.58. The van der Waals surface area contributed by atoms with E-state index in [2.05, 4.69) is 5.10 Å². The summed E-state index contributed by atoms with van der Waals surface area (Å²) in [5.41, 5.74) is 3.55. The van der Waals surface area contributed by atoms with Crippen molar-refractivity contribution in [3.63, 3.8) is 0 Å². The molecule has 0 radical (unpaired) electrons. The van der Waals surface area contributed by atoms with Crippen molar-refractivity contribution in [1.82, 2.24) is 9.78 Å². The molecule has 0 N–H and O–H groups in total. The first-order valence-corrected chi connectivity index (χ1v) is 7.86. The third kappa shape index (κ3) is 4.24. The summed E-state index contributed by atoms with van der Waals surface area (Å²) in [4.78, 5) is 11.6. The zero-order valence-corrected chi connectivity index (χ0v) is 14.5. The van der Waals surface area contributed by atoms with Gasteiger partial charge in [0.2, 0.25) is 0 Å². The summed E-state index contributed by atoms with van der Waals surface area (Å²) in [7, 11) is 0. The fraction of sp³-hybridized carbons (Fsp3) is 0.278. The Morgan fingerprint density at radius 1 is 1.46 bits per heavy atom. The minimum absolute atomic E-state index is 0.552. The number of hydrogen-bond acceptors (Lipinski definition) is 4. The molecule has 24 heavy (non-hydrogen) atoms. The molecule has 2 rings (SSSR count). The third-order valence-electron chi connectivity index (χ3n) is 3.58. The van der Waals surface area contributed by atoms with E-state index in [1.54, 1.807) is 6.08 Å². The predicted octanol–water partition coefficient (Wildman–Crippen LogP) is 3.67. The van der Waals surface area contributed by atoms with E-state index < -0.39 is 12.1 Å². The molecular formula is C18H18ClN3O2. The highest BCUT2D eigenvalue weighted by Crippen LogP contribution is 2.20. The molecule has 1 aromatic heterocycles. The van der Waals surface area contributed by atoms with E-state index in [9.17, 15) is 4.79 Å². The van der Waals surface area contributed by atoms with E-state index in [1.807, 2.05) is 48.9 Å². The van der Waals surface area contributed by atoms with Crippen molar-refractivity contribution in [2.24, 2.45) is 0 Å². The Kier molecular flexibility index (Phi) is 5.78. The average Bonchev–Trinajstić information content (AvgIpc) is 2.81. The summed E-state index contributed by atoms with van der Waals surface area (Å²) in [5.74, 6) is -0.554. The first kappa shape index (κ1) is 17.8. The Balaban J connectivity index is 2.19. The molecule has 0 aliphatic rings. The van der Waals surface area contributed by atoms with Crippen LogP contribution < -0.4 is 0 Å². The zero-order valence-electron chi connectivity index (χ0n) is 13.8. The second kappa shape index (κ2) is 7.80. The fourth-order valence-corrected chi connectivity index (χ4v) is 2.48. The van der Waals surface area contributed by atoms with Gasteiger partial charge in [0.05, 0.1) is 12.2 Å². The average molecular weight is 344 g/mol. The van der Waals surface area contributed by atoms with Gasteiger partial charge >= 0.3 is 5.97 Å². The van der Waals surface area contributed by atoms with Crippen molar-refractivity contribution < 1.29 is 9.53 Å². The highest BCUT2D eigenvalue weighted by Gasteiger charge is 2.12. The lowest BCUT2D eigenvalue weighted by Gasteiger charge is -2.06. The molecule has 5 nitrogen and oxygen atoms in total. The van der Waals surface area contributed by atoms with E-state index in [0.717, 1.165) is 22.5 Å². The zero-order chi connectivity index (χ0) is 17.7. The van der Waals surface area contributed by atoms with Gasteiger partial charge in [0.25, 0.3) is 0 Å². The summed E-state index contributed by atoms with van der Waals surface area (Å²) >= 11 is 6.20. The lowest BCUT2D eigenvalue weighted by atomic mass is 10.1. The first-order valence-electron chi connectivity index (χ1n) is 7.48. The van der Waals surface area contributed by atoms with Gasteiger partial charge in [0.1, 0.15) is 6.07 Å².